The van der Waals surface area contributed by atoms with Crippen LogP contribution in [0.15, 0.2) is 74.4 Å². The predicted molar refractivity (Wildman–Crippen MR) is 93.8 cm³/mol. The van der Waals surface area contributed by atoms with E-state index in [1.807, 2.05) is 18.2 Å². The molecule has 0 unspecified atom stereocenters. The molecule has 0 radical (unpaired) electrons. The number of nitrogens with zero attached hydrogens (tertiary/aromatic N) is 1. The monoisotopic (exact) mass is 353 g/mol. The molecule has 0 aliphatic rings. The molecule has 25 heavy (non-hydrogen) atoms. The Balaban J connectivity index is 1.51. The van der Waals surface area contributed by atoms with Gasteiger partial charge in [0.25, 0.3) is 0 Å². The summed E-state index contributed by atoms with van der Waals surface area (Å²) in [4.78, 5) is 15.5. The first-order chi connectivity index (χ1) is 12.2. The van der Waals surface area contributed by atoms with Crippen molar-refractivity contribution in [2.75, 3.05) is 0 Å². The molecule has 2 heterocycles. The Morgan fingerprint density at radius 3 is 2.80 bits per heavy atom. The third-order valence-electron chi connectivity index (χ3n) is 3.62. The quantitative estimate of drug-likeness (QED) is 0.498. The number of hydrogen-bond donors (Lipinski definition) is 0. The Hall–Kier alpha value is -3.05. The van der Waals surface area contributed by atoms with E-state index in [0.717, 1.165) is 10.9 Å². The van der Waals surface area contributed by atoms with Gasteiger partial charge in [-0.25, -0.2) is 9.78 Å². The van der Waals surface area contributed by atoms with Crippen LogP contribution in [0.4, 0.5) is 0 Å². The molecule has 0 aliphatic carbocycles. The van der Waals surface area contributed by atoms with Crippen molar-refractivity contribution in [2.45, 2.75) is 6.61 Å². The fourth-order valence-corrected chi connectivity index (χ4v) is 2.62. The standard InChI is InChI=1S/C19H12ClNO4/c20-14-3-1-2-13(8-14)17-10-21-18(24-17)11-23-15-6-4-12-5-7-19(22)25-16(12)9-15/h1-10H,11H2. The molecule has 0 spiro atoms. The molecule has 4 aromatic rings. The normalized spacial score (nSPS) is 10.9. The predicted octanol–water partition coefficient (Wildman–Crippen LogP) is 4.68. The highest BCUT2D eigenvalue weighted by Gasteiger charge is 2.08. The molecule has 0 bridgehead atoms. The summed E-state index contributed by atoms with van der Waals surface area (Å²) >= 11 is 5.98. The number of rotatable bonds is 4. The molecule has 0 fully saturated rings. The summed E-state index contributed by atoms with van der Waals surface area (Å²) in [7, 11) is 0. The zero-order chi connectivity index (χ0) is 17.2. The lowest BCUT2D eigenvalue weighted by Crippen LogP contribution is -1.97. The highest BCUT2D eigenvalue weighted by Crippen LogP contribution is 2.24. The lowest BCUT2D eigenvalue weighted by atomic mass is 10.2. The lowest BCUT2D eigenvalue weighted by Gasteiger charge is -2.04. The lowest BCUT2D eigenvalue weighted by molar-refractivity contribution is 0.264. The van der Waals surface area contributed by atoms with E-state index >= 15 is 0 Å². The number of oxazole rings is 1. The Kier molecular flexibility index (Phi) is 3.99. The largest absolute Gasteiger partial charge is 0.484 e. The number of aromatic nitrogens is 1. The average Bonchev–Trinajstić information content (AvgIpc) is 3.08. The van der Waals surface area contributed by atoms with Gasteiger partial charge < -0.3 is 13.6 Å². The zero-order valence-electron chi connectivity index (χ0n) is 12.9. The number of halogens is 1. The summed E-state index contributed by atoms with van der Waals surface area (Å²) in [5.41, 5.74) is 0.916. The molecule has 0 atom stereocenters. The Morgan fingerprint density at radius 2 is 1.92 bits per heavy atom. The van der Waals surface area contributed by atoms with Crippen LogP contribution in [0.1, 0.15) is 5.89 Å². The van der Waals surface area contributed by atoms with Crippen molar-refractivity contribution < 1.29 is 13.6 Å². The minimum atomic E-state index is -0.400. The van der Waals surface area contributed by atoms with Gasteiger partial charge in [0, 0.05) is 28.1 Å². The topological polar surface area (TPSA) is 65.5 Å². The van der Waals surface area contributed by atoms with Crippen molar-refractivity contribution in [3.63, 3.8) is 0 Å². The highest BCUT2D eigenvalue weighted by atomic mass is 35.5. The molecule has 124 valence electrons. The number of hydrogen-bond acceptors (Lipinski definition) is 5. The van der Waals surface area contributed by atoms with Gasteiger partial charge >= 0.3 is 5.63 Å². The maximum Gasteiger partial charge on any atom is 0.336 e. The number of fused-ring (bicyclic) bond motifs is 1. The van der Waals surface area contributed by atoms with Crippen LogP contribution in [0.2, 0.25) is 5.02 Å². The minimum Gasteiger partial charge on any atom is -0.484 e. The molecule has 5 nitrogen and oxygen atoms in total. The van der Waals surface area contributed by atoms with Crippen LogP contribution in [0, 0.1) is 0 Å². The van der Waals surface area contributed by atoms with Gasteiger partial charge in [-0.1, -0.05) is 23.7 Å². The summed E-state index contributed by atoms with van der Waals surface area (Å²) in [5, 5.41) is 1.45. The van der Waals surface area contributed by atoms with Gasteiger partial charge in [0.05, 0.1) is 6.20 Å². The first kappa shape index (κ1) is 15.5. The SMILES string of the molecule is O=c1ccc2ccc(OCc3ncc(-c4cccc(Cl)c4)o3)cc2o1. The Labute approximate surface area is 147 Å². The van der Waals surface area contributed by atoms with E-state index in [1.165, 1.54) is 6.07 Å². The van der Waals surface area contributed by atoms with Crippen molar-refractivity contribution in [1.29, 1.82) is 0 Å². The second-order valence-electron chi connectivity index (χ2n) is 5.37. The smallest absolute Gasteiger partial charge is 0.336 e. The van der Waals surface area contributed by atoms with E-state index in [-0.39, 0.29) is 6.61 Å². The number of benzene rings is 2. The van der Waals surface area contributed by atoms with Crippen LogP contribution in [0.5, 0.6) is 5.75 Å². The van der Waals surface area contributed by atoms with E-state index in [4.69, 9.17) is 25.2 Å². The van der Waals surface area contributed by atoms with Crippen LogP contribution in [-0.4, -0.2) is 4.98 Å². The first-order valence-corrected chi connectivity index (χ1v) is 7.92. The van der Waals surface area contributed by atoms with Gasteiger partial charge in [0.15, 0.2) is 12.4 Å². The minimum absolute atomic E-state index is 0.156. The van der Waals surface area contributed by atoms with Crippen LogP contribution >= 0.6 is 11.6 Å². The van der Waals surface area contributed by atoms with Crippen LogP contribution in [-0.2, 0) is 6.61 Å². The summed E-state index contributed by atoms with van der Waals surface area (Å²) < 4.78 is 16.5. The molecule has 0 saturated heterocycles. The van der Waals surface area contributed by atoms with Crippen molar-refractivity contribution in [2.24, 2.45) is 0 Å². The Bertz CT molecular complexity index is 1100. The summed E-state index contributed by atoms with van der Waals surface area (Å²) in [5.74, 6) is 1.61. The second-order valence-corrected chi connectivity index (χ2v) is 5.81. The maximum absolute atomic E-state index is 11.3. The van der Waals surface area contributed by atoms with Crippen molar-refractivity contribution in [3.05, 3.63) is 82.1 Å². The summed E-state index contributed by atoms with van der Waals surface area (Å²) in [6.45, 7) is 0.156. The molecular weight excluding hydrogens is 342 g/mol. The maximum atomic E-state index is 11.3. The molecular formula is C19H12ClNO4. The molecule has 0 saturated carbocycles. The molecule has 0 amide bonds. The Morgan fingerprint density at radius 1 is 1.04 bits per heavy atom. The van der Waals surface area contributed by atoms with Gasteiger partial charge in [-0.3, -0.25) is 0 Å². The van der Waals surface area contributed by atoms with Crippen LogP contribution < -0.4 is 10.4 Å². The fraction of sp³-hybridized carbons (Fsp3) is 0.0526. The highest BCUT2D eigenvalue weighted by molar-refractivity contribution is 6.30. The third-order valence-corrected chi connectivity index (χ3v) is 3.85. The van der Waals surface area contributed by atoms with E-state index in [1.54, 1.807) is 36.5 Å². The average molecular weight is 354 g/mol. The molecule has 2 aromatic carbocycles. The molecule has 0 N–H and O–H groups in total. The van der Waals surface area contributed by atoms with E-state index in [0.29, 0.717) is 28.0 Å². The third kappa shape index (κ3) is 3.41. The van der Waals surface area contributed by atoms with Crippen LogP contribution in [0.25, 0.3) is 22.3 Å². The van der Waals surface area contributed by atoms with Crippen LogP contribution in [0.3, 0.4) is 0 Å². The van der Waals surface area contributed by atoms with Crippen molar-refractivity contribution >= 4 is 22.6 Å². The number of ether oxygens (including phenoxy) is 1. The van der Waals surface area contributed by atoms with Crippen molar-refractivity contribution in [1.82, 2.24) is 4.98 Å². The first-order valence-electron chi connectivity index (χ1n) is 7.55. The van der Waals surface area contributed by atoms with Crippen molar-refractivity contribution in [3.8, 4) is 17.1 Å². The van der Waals surface area contributed by atoms with E-state index in [9.17, 15) is 4.79 Å². The fourth-order valence-electron chi connectivity index (χ4n) is 2.43. The molecule has 0 aliphatic heterocycles. The molecule has 4 rings (SSSR count). The summed E-state index contributed by atoms with van der Waals surface area (Å²) in [6, 6.07) is 15.7. The van der Waals surface area contributed by atoms with Gasteiger partial charge in [0.2, 0.25) is 5.89 Å². The molecule has 2 aromatic heterocycles. The van der Waals surface area contributed by atoms with Gasteiger partial charge in [-0.15, -0.1) is 0 Å². The second kappa shape index (κ2) is 6.45. The zero-order valence-corrected chi connectivity index (χ0v) is 13.7. The van der Waals surface area contributed by atoms with Gasteiger partial charge in [-0.2, -0.15) is 0 Å². The van der Waals surface area contributed by atoms with Gasteiger partial charge in [0.1, 0.15) is 11.3 Å². The molecule has 6 heteroatoms. The van der Waals surface area contributed by atoms with Gasteiger partial charge in [-0.05, 0) is 30.3 Å². The van der Waals surface area contributed by atoms with E-state index < -0.39 is 5.63 Å². The van der Waals surface area contributed by atoms with E-state index in [2.05, 4.69) is 4.98 Å². The summed E-state index contributed by atoms with van der Waals surface area (Å²) in [6.07, 6.45) is 1.63.